The molecule has 0 spiro atoms. The fourth-order valence-electron chi connectivity index (χ4n) is 0.998. The van der Waals surface area contributed by atoms with E-state index in [0.29, 0.717) is 13.1 Å². The van der Waals surface area contributed by atoms with Crippen molar-refractivity contribution in [3.05, 3.63) is 0 Å². The molecule has 0 amide bonds. The summed E-state index contributed by atoms with van der Waals surface area (Å²) in [6, 6.07) is 0. The number of methoxy groups -OCH3 is 1. The fourth-order valence-corrected chi connectivity index (χ4v) is 1.99. The number of aliphatic hydroxyl groups excluding tert-OH is 1. The quantitative estimate of drug-likeness (QED) is 0.345. The van der Waals surface area contributed by atoms with Crippen LogP contribution in [0.25, 0.3) is 0 Å². The molecule has 0 heterocycles. The number of nitrogens with one attached hydrogen (secondary N) is 2. The summed E-state index contributed by atoms with van der Waals surface area (Å²) in [5, 5.41) is 11.8. The Labute approximate surface area is 102 Å². The molecule has 8 heteroatoms. The predicted molar refractivity (Wildman–Crippen MR) is 63.0 cm³/mol. The molecule has 0 fully saturated rings. The number of carbonyl (C=O) groups is 1. The van der Waals surface area contributed by atoms with Crippen molar-refractivity contribution in [2.45, 2.75) is 19.4 Å². The lowest BCUT2D eigenvalue weighted by atomic mass is 10.4. The van der Waals surface area contributed by atoms with E-state index in [1.165, 1.54) is 7.11 Å². The summed E-state index contributed by atoms with van der Waals surface area (Å²) in [4.78, 5) is 10.8. The number of sulfonamides is 1. The summed E-state index contributed by atoms with van der Waals surface area (Å²) < 4.78 is 29.4. The molecule has 1 atom stereocenters. The molecule has 0 aromatic rings. The third kappa shape index (κ3) is 10.2. The maximum atomic E-state index is 11.4. The molecule has 0 rings (SSSR count). The van der Waals surface area contributed by atoms with Gasteiger partial charge in [-0.15, -0.1) is 0 Å². The standard InChI is InChI=1S/C9H20N2O5S/c1-8(12)7-10-4-5-11-17(14,15)6-3-9(13)16-2/h8,10-12H,3-7H2,1-2H3. The van der Waals surface area contributed by atoms with Crippen molar-refractivity contribution in [2.24, 2.45) is 0 Å². The van der Waals surface area contributed by atoms with Gasteiger partial charge < -0.3 is 15.2 Å². The zero-order valence-corrected chi connectivity index (χ0v) is 10.9. The van der Waals surface area contributed by atoms with E-state index in [1.807, 2.05) is 0 Å². The molecule has 0 saturated carbocycles. The lowest BCUT2D eigenvalue weighted by Gasteiger charge is -2.08. The lowest BCUT2D eigenvalue weighted by Crippen LogP contribution is -2.35. The highest BCUT2D eigenvalue weighted by molar-refractivity contribution is 7.89. The Morgan fingerprint density at radius 1 is 1.41 bits per heavy atom. The maximum absolute atomic E-state index is 11.4. The minimum Gasteiger partial charge on any atom is -0.469 e. The minimum absolute atomic E-state index is 0.160. The van der Waals surface area contributed by atoms with Crippen molar-refractivity contribution in [1.29, 1.82) is 0 Å². The van der Waals surface area contributed by atoms with Gasteiger partial charge in [0.1, 0.15) is 0 Å². The fraction of sp³-hybridized carbons (Fsp3) is 0.889. The summed E-state index contributed by atoms with van der Waals surface area (Å²) in [6.45, 7) is 2.68. The summed E-state index contributed by atoms with van der Waals surface area (Å²) in [7, 11) is -2.23. The highest BCUT2D eigenvalue weighted by Gasteiger charge is 2.12. The van der Waals surface area contributed by atoms with Crippen LogP contribution in [0.1, 0.15) is 13.3 Å². The van der Waals surface area contributed by atoms with Gasteiger partial charge in [0.15, 0.2) is 0 Å². The average Bonchev–Trinajstić information content (AvgIpc) is 2.25. The first-order chi connectivity index (χ1) is 7.87. The van der Waals surface area contributed by atoms with Gasteiger partial charge in [-0.05, 0) is 6.92 Å². The van der Waals surface area contributed by atoms with E-state index in [0.717, 1.165) is 0 Å². The SMILES string of the molecule is COC(=O)CCS(=O)(=O)NCCNCC(C)O. The Morgan fingerprint density at radius 2 is 2.06 bits per heavy atom. The van der Waals surface area contributed by atoms with Gasteiger partial charge >= 0.3 is 5.97 Å². The molecule has 0 aliphatic rings. The molecule has 102 valence electrons. The van der Waals surface area contributed by atoms with Crippen LogP contribution in [0.2, 0.25) is 0 Å². The molecule has 7 nitrogen and oxygen atoms in total. The molecule has 0 radical (unpaired) electrons. The van der Waals surface area contributed by atoms with Gasteiger partial charge in [-0.25, -0.2) is 13.1 Å². The zero-order valence-electron chi connectivity index (χ0n) is 10.1. The van der Waals surface area contributed by atoms with E-state index in [-0.39, 0.29) is 18.7 Å². The highest BCUT2D eigenvalue weighted by Crippen LogP contribution is 1.91. The number of carbonyl (C=O) groups excluding carboxylic acids is 1. The predicted octanol–water partition coefficient (Wildman–Crippen LogP) is -1.56. The van der Waals surface area contributed by atoms with Crippen LogP contribution in [0, 0.1) is 0 Å². The van der Waals surface area contributed by atoms with E-state index < -0.39 is 22.1 Å². The number of hydrogen-bond acceptors (Lipinski definition) is 6. The van der Waals surface area contributed by atoms with Crippen LogP contribution in [-0.4, -0.2) is 58.1 Å². The van der Waals surface area contributed by atoms with Gasteiger partial charge in [-0.3, -0.25) is 4.79 Å². The van der Waals surface area contributed by atoms with Crippen LogP contribution in [0.3, 0.4) is 0 Å². The normalized spacial score (nSPS) is 13.4. The molecule has 0 aromatic carbocycles. The molecule has 0 aliphatic heterocycles. The van der Waals surface area contributed by atoms with Gasteiger partial charge in [-0.2, -0.15) is 0 Å². The second-order valence-electron chi connectivity index (χ2n) is 3.59. The molecule has 0 aliphatic carbocycles. The van der Waals surface area contributed by atoms with E-state index in [9.17, 15) is 13.2 Å². The third-order valence-electron chi connectivity index (χ3n) is 1.87. The maximum Gasteiger partial charge on any atom is 0.306 e. The molecule has 1 unspecified atom stereocenters. The lowest BCUT2D eigenvalue weighted by molar-refractivity contribution is -0.140. The van der Waals surface area contributed by atoms with Crippen molar-refractivity contribution < 1.29 is 23.1 Å². The van der Waals surface area contributed by atoms with Gasteiger partial charge in [0.2, 0.25) is 10.0 Å². The number of hydrogen-bond donors (Lipinski definition) is 3. The number of ether oxygens (including phenoxy) is 1. The Balaban J connectivity index is 3.68. The number of rotatable bonds is 9. The van der Waals surface area contributed by atoms with Crippen LogP contribution >= 0.6 is 0 Å². The molecule has 0 saturated heterocycles. The number of esters is 1. The second-order valence-corrected chi connectivity index (χ2v) is 5.52. The molecular formula is C9H20N2O5S. The zero-order chi connectivity index (χ0) is 13.3. The Bertz CT molecular complexity index is 315. The van der Waals surface area contributed by atoms with Gasteiger partial charge in [0.25, 0.3) is 0 Å². The third-order valence-corrected chi connectivity index (χ3v) is 3.25. The topological polar surface area (TPSA) is 105 Å². The smallest absolute Gasteiger partial charge is 0.306 e. The number of aliphatic hydroxyl groups is 1. The second kappa shape index (κ2) is 8.40. The van der Waals surface area contributed by atoms with Crippen molar-refractivity contribution in [3.63, 3.8) is 0 Å². The van der Waals surface area contributed by atoms with Gasteiger partial charge in [0, 0.05) is 19.6 Å². The first-order valence-electron chi connectivity index (χ1n) is 5.30. The monoisotopic (exact) mass is 268 g/mol. The van der Waals surface area contributed by atoms with Crippen LogP contribution in [0.15, 0.2) is 0 Å². The van der Waals surface area contributed by atoms with E-state index in [1.54, 1.807) is 6.92 Å². The Morgan fingerprint density at radius 3 is 2.59 bits per heavy atom. The van der Waals surface area contributed by atoms with Gasteiger partial charge in [0.05, 0.1) is 25.4 Å². The molecular weight excluding hydrogens is 248 g/mol. The molecule has 0 bridgehead atoms. The summed E-state index contributed by atoms with van der Waals surface area (Å²) in [5.41, 5.74) is 0. The van der Waals surface area contributed by atoms with Crippen molar-refractivity contribution >= 4 is 16.0 Å². The van der Waals surface area contributed by atoms with Crippen molar-refractivity contribution in [2.75, 3.05) is 32.5 Å². The van der Waals surface area contributed by atoms with Crippen molar-refractivity contribution in [1.82, 2.24) is 10.0 Å². The van der Waals surface area contributed by atoms with Crippen LogP contribution < -0.4 is 10.0 Å². The Hall–Kier alpha value is -0.700. The van der Waals surface area contributed by atoms with E-state index in [2.05, 4.69) is 14.8 Å². The highest BCUT2D eigenvalue weighted by atomic mass is 32.2. The summed E-state index contributed by atoms with van der Waals surface area (Å²) in [6.07, 6.45) is -0.627. The summed E-state index contributed by atoms with van der Waals surface area (Å²) in [5.74, 6) is -0.835. The molecule has 17 heavy (non-hydrogen) atoms. The van der Waals surface area contributed by atoms with E-state index in [4.69, 9.17) is 5.11 Å². The Kier molecular flexibility index (Phi) is 8.05. The minimum atomic E-state index is -3.44. The van der Waals surface area contributed by atoms with Crippen LogP contribution in [0.5, 0.6) is 0 Å². The first-order valence-corrected chi connectivity index (χ1v) is 6.95. The molecule has 3 N–H and O–H groups in total. The largest absolute Gasteiger partial charge is 0.469 e. The molecule has 0 aromatic heterocycles. The van der Waals surface area contributed by atoms with Crippen LogP contribution in [0.4, 0.5) is 0 Å². The van der Waals surface area contributed by atoms with Gasteiger partial charge in [-0.1, -0.05) is 0 Å². The summed E-state index contributed by atoms with van der Waals surface area (Å²) >= 11 is 0. The first kappa shape index (κ1) is 16.3. The van der Waals surface area contributed by atoms with Crippen LogP contribution in [-0.2, 0) is 19.6 Å². The van der Waals surface area contributed by atoms with Crippen molar-refractivity contribution in [3.8, 4) is 0 Å². The average molecular weight is 268 g/mol. The van der Waals surface area contributed by atoms with E-state index >= 15 is 0 Å².